The second-order valence-corrected chi connectivity index (χ2v) is 4.53. The van der Waals surface area contributed by atoms with Crippen LogP contribution in [-0.2, 0) is 6.42 Å². The molecule has 0 amide bonds. The van der Waals surface area contributed by atoms with E-state index < -0.39 is 0 Å². The second kappa shape index (κ2) is 6.48. The summed E-state index contributed by atoms with van der Waals surface area (Å²) in [6.07, 6.45) is 4.09. The molecule has 3 heteroatoms. The van der Waals surface area contributed by atoms with E-state index in [4.69, 9.17) is 4.74 Å². The maximum atomic E-state index is 5.04. The first-order valence-electron chi connectivity index (χ1n) is 5.82. The Labute approximate surface area is 98.2 Å². The Morgan fingerprint density at radius 3 is 2.56 bits per heavy atom. The van der Waals surface area contributed by atoms with Gasteiger partial charge >= 0.3 is 0 Å². The number of nitrogens with zero attached hydrogens (tertiary/aromatic N) is 1. The molecule has 1 N–H and O–H groups in total. The van der Waals surface area contributed by atoms with Gasteiger partial charge in [-0.3, -0.25) is 0 Å². The van der Waals surface area contributed by atoms with Crippen LogP contribution in [0.4, 0.5) is 0 Å². The molecular formula is C13H22N2O. The van der Waals surface area contributed by atoms with Gasteiger partial charge in [0.15, 0.2) is 0 Å². The zero-order valence-corrected chi connectivity index (χ0v) is 10.7. The summed E-state index contributed by atoms with van der Waals surface area (Å²) < 4.78 is 5.04. The van der Waals surface area contributed by atoms with Crippen LogP contribution in [0.15, 0.2) is 18.3 Å². The average molecular weight is 222 g/mol. The van der Waals surface area contributed by atoms with Crippen LogP contribution < -0.4 is 10.1 Å². The van der Waals surface area contributed by atoms with Crippen LogP contribution in [0.25, 0.3) is 0 Å². The topological polar surface area (TPSA) is 34.1 Å². The molecule has 0 saturated carbocycles. The first-order chi connectivity index (χ1) is 7.65. The van der Waals surface area contributed by atoms with Crippen molar-refractivity contribution in [3.8, 4) is 5.88 Å². The average Bonchev–Trinajstić information content (AvgIpc) is 2.28. The van der Waals surface area contributed by atoms with Gasteiger partial charge in [-0.2, -0.15) is 0 Å². The van der Waals surface area contributed by atoms with Crippen molar-refractivity contribution in [3.05, 3.63) is 23.9 Å². The summed E-state index contributed by atoms with van der Waals surface area (Å²) in [6.45, 7) is 4.49. The lowest BCUT2D eigenvalue weighted by molar-refractivity contribution is 0.396. The van der Waals surface area contributed by atoms with Gasteiger partial charge in [0.25, 0.3) is 0 Å². The van der Waals surface area contributed by atoms with Gasteiger partial charge in [0.05, 0.1) is 7.11 Å². The highest BCUT2D eigenvalue weighted by atomic mass is 16.5. The molecule has 1 heterocycles. The fraction of sp³-hybridized carbons (Fsp3) is 0.615. The highest BCUT2D eigenvalue weighted by Crippen LogP contribution is 2.12. The lowest BCUT2D eigenvalue weighted by Crippen LogP contribution is -2.29. The van der Waals surface area contributed by atoms with E-state index in [-0.39, 0.29) is 0 Å². The minimum absolute atomic E-state index is 0.523. The molecular weight excluding hydrogens is 200 g/mol. The number of ether oxygens (including phenoxy) is 1. The Balaban J connectivity index is 2.56. The van der Waals surface area contributed by atoms with Crippen LogP contribution in [-0.4, -0.2) is 25.2 Å². The van der Waals surface area contributed by atoms with Crippen LogP contribution in [0.1, 0.15) is 25.8 Å². The third-order valence-electron chi connectivity index (χ3n) is 2.65. The highest BCUT2D eigenvalue weighted by Gasteiger charge is 2.09. The van der Waals surface area contributed by atoms with Gasteiger partial charge in [-0.1, -0.05) is 19.9 Å². The zero-order valence-electron chi connectivity index (χ0n) is 10.7. The predicted molar refractivity (Wildman–Crippen MR) is 66.8 cm³/mol. The van der Waals surface area contributed by atoms with E-state index in [1.807, 2.05) is 19.3 Å². The van der Waals surface area contributed by atoms with Gasteiger partial charge < -0.3 is 10.1 Å². The van der Waals surface area contributed by atoms with E-state index in [1.165, 1.54) is 12.0 Å². The predicted octanol–water partition coefficient (Wildman–Crippen LogP) is 2.27. The second-order valence-electron chi connectivity index (χ2n) is 4.53. The van der Waals surface area contributed by atoms with Gasteiger partial charge in [0.1, 0.15) is 0 Å². The summed E-state index contributed by atoms with van der Waals surface area (Å²) in [6, 6.07) is 4.52. The molecule has 16 heavy (non-hydrogen) atoms. The molecule has 1 aromatic rings. The maximum Gasteiger partial charge on any atom is 0.212 e. The summed E-state index contributed by atoms with van der Waals surface area (Å²) in [5.41, 5.74) is 1.25. The Morgan fingerprint density at radius 1 is 1.38 bits per heavy atom. The number of hydrogen-bond acceptors (Lipinski definition) is 3. The fourth-order valence-corrected chi connectivity index (χ4v) is 1.81. The quantitative estimate of drug-likeness (QED) is 0.801. The first kappa shape index (κ1) is 13.0. The number of rotatable bonds is 6. The van der Waals surface area contributed by atoms with Crippen LogP contribution in [0.3, 0.4) is 0 Å². The van der Waals surface area contributed by atoms with Crippen LogP contribution >= 0.6 is 0 Å². The standard InChI is InChI=1S/C13H22N2O/c1-10(2)7-12(14-3)8-11-5-6-13(16-4)15-9-11/h5-6,9-10,12,14H,7-8H2,1-4H3. The molecule has 1 unspecified atom stereocenters. The molecule has 1 atom stereocenters. The van der Waals surface area contributed by atoms with Gasteiger partial charge in [-0.25, -0.2) is 4.98 Å². The maximum absolute atomic E-state index is 5.04. The molecule has 0 saturated heterocycles. The molecule has 0 aliphatic carbocycles. The molecule has 3 nitrogen and oxygen atoms in total. The van der Waals surface area contributed by atoms with Gasteiger partial charge in [0, 0.05) is 18.3 Å². The Kier molecular flexibility index (Phi) is 5.26. The Bertz CT molecular complexity index is 295. The lowest BCUT2D eigenvalue weighted by Gasteiger charge is -2.18. The summed E-state index contributed by atoms with van der Waals surface area (Å²) in [5.74, 6) is 1.39. The van der Waals surface area contributed by atoms with Crippen molar-refractivity contribution in [3.63, 3.8) is 0 Å². The van der Waals surface area contributed by atoms with Crippen molar-refractivity contribution in [2.24, 2.45) is 5.92 Å². The SMILES string of the molecule is CNC(Cc1ccc(OC)nc1)CC(C)C. The van der Waals surface area contributed by atoms with E-state index in [1.54, 1.807) is 7.11 Å². The third kappa shape index (κ3) is 4.19. The van der Waals surface area contributed by atoms with Gasteiger partial charge in [-0.15, -0.1) is 0 Å². The molecule has 0 fully saturated rings. The largest absolute Gasteiger partial charge is 0.481 e. The van der Waals surface area contributed by atoms with Crippen molar-refractivity contribution >= 4 is 0 Å². The zero-order chi connectivity index (χ0) is 12.0. The van der Waals surface area contributed by atoms with Gasteiger partial charge in [0.2, 0.25) is 5.88 Å². The number of nitrogens with one attached hydrogen (secondary N) is 1. The first-order valence-corrected chi connectivity index (χ1v) is 5.82. The summed E-state index contributed by atoms with van der Waals surface area (Å²) in [4.78, 5) is 4.21. The Hall–Kier alpha value is -1.09. The fourth-order valence-electron chi connectivity index (χ4n) is 1.81. The summed E-state index contributed by atoms with van der Waals surface area (Å²) in [5, 5.41) is 3.35. The van der Waals surface area contributed by atoms with Crippen LogP contribution in [0.2, 0.25) is 0 Å². The molecule has 0 aromatic carbocycles. The number of likely N-dealkylation sites (N-methyl/N-ethyl adjacent to an activating group) is 1. The molecule has 0 spiro atoms. The number of hydrogen-bond donors (Lipinski definition) is 1. The minimum atomic E-state index is 0.523. The number of aromatic nitrogens is 1. The van der Waals surface area contributed by atoms with E-state index in [0.29, 0.717) is 17.8 Å². The summed E-state index contributed by atoms with van der Waals surface area (Å²) >= 11 is 0. The molecule has 0 aliphatic rings. The molecule has 0 aliphatic heterocycles. The van der Waals surface area contributed by atoms with Crippen molar-refractivity contribution in [2.45, 2.75) is 32.7 Å². The monoisotopic (exact) mass is 222 g/mol. The minimum Gasteiger partial charge on any atom is -0.481 e. The molecule has 1 rings (SSSR count). The smallest absolute Gasteiger partial charge is 0.212 e. The van der Waals surface area contributed by atoms with Crippen molar-refractivity contribution in [2.75, 3.05) is 14.2 Å². The molecule has 0 bridgehead atoms. The normalized spacial score (nSPS) is 12.8. The van der Waals surface area contributed by atoms with E-state index in [9.17, 15) is 0 Å². The molecule has 1 aromatic heterocycles. The van der Waals surface area contributed by atoms with Crippen LogP contribution in [0, 0.1) is 5.92 Å². The Morgan fingerprint density at radius 2 is 2.12 bits per heavy atom. The van der Waals surface area contributed by atoms with E-state index in [0.717, 1.165) is 6.42 Å². The highest BCUT2D eigenvalue weighted by molar-refractivity contribution is 5.18. The molecule has 0 radical (unpaired) electrons. The van der Waals surface area contributed by atoms with Crippen molar-refractivity contribution in [1.29, 1.82) is 0 Å². The number of pyridine rings is 1. The van der Waals surface area contributed by atoms with E-state index >= 15 is 0 Å². The van der Waals surface area contributed by atoms with Gasteiger partial charge in [-0.05, 0) is 31.4 Å². The lowest BCUT2D eigenvalue weighted by atomic mass is 9.98. The number of methoxy groups -OCH3 is 1. The van der Waals surface area contributed by atoms with Crippen molar-refractivity contribution < 1.29 is 4.74 Å². The van der Waals surface area contributed by atoms with Crippen LogP contribution in [0.5, 0.6) is 5.88 Å². The summed E-state index contributed by atoms with van der Waals surface area (Å²) in [7, 11) is 3.65. The molecule has 90 valence electrons. The van der Waals surface area contributed by atoms with E-state index in [2.05, 4.69) is 30.2 Å². The van der Waals surface area contributed by atoms with Crippen molar-refractivity contribution in [1.82, 2.24) is 10.3 Å². The third-order valence-corrected chi connectivity index (χ3v) is 2.65.